The summed E-state index contributed by atoms with van der Waals surface area (Å²) in [5, 5.41) is 9.51. The van der Waals surface area contributed by atoms with Crippen LogP contribution in [0.4, 0.5) is 17.6 Å². The van der Waals surface area contributed by atoms with Gasteiger partial charge in [0.1, 0.15) is 17.7 Å². The number of aromatic nitrogens is 5. The van der Waals surface area contributed by atoms with Crippen molar-refractivity contribution < 1.29 is 31.9 Å². The molecule has 1 aliphatic rings. The van der Waals surface area contributed by atoms with Gasteiger partial charge in [-0.15, -0.1) is 13.2 Å². The van der Waals surface area contributed by atoms with Gasteiger partial charge in [0.25, 0.3) is 11.8 Å². The van der Waals surface area contributed by atoms with E-state index in [2.05, 4.69) is 35.4 Å². The van der Waals surface area contributed by atoms with Crippen molar-refractivity contribution in [1.29, 1.82) is 0 Å². The summed E-state index contributed by atoms with van der Waals surface area (Å²) in [4.78, 5) is 47.7. The average Bonchev–Trinajstić information content (AvgIpc) is 3.49. The topological polar surface area (TPSA) is 144 Å². The van der Waals surface area contributed by atoms with Crippen LogP contribution >= 0.6 is 0 Å². The highest BCUT2D eigenvalue weighted by molar-refractivity contribution is 5.97. The maximum absolute atomic E-state index is 13.6. The van der Waals surface area contributed by atoms with Gasteiger partial charge in [-0.2, -0.15) is 5.10 Å². The van der Waals surface area contributed by atoms with E-state index >= 15 is 0 Å². The predicted molar refractivity (Wildman–Crippen MR) is 134 cm³/mol. The lowest BCUT2D eigenvalue weighted by molar-refractivity contribution is -0.275. The van der Waals surface area contributed by atoms with E-state index in [4.69, 9.17) is 0 Å². The Bertz CT molecular complexity index is 1700. The van der Waals surface area contributed by atoms with Gasteiger partial charge in [-0.25, -0.2) is 23.8 Å². The van der Waals surface area contributed by atoms with Crippen molar-refractivity contribution in [3.63, 3.8) is 0 Å². The number of aromatic amines is 1. The number of H-pyrrole nitrogens is 1. The minimum absolute atomic E-state index is 0.0658. The molecule has 0 spiro atoms. The maximum Gasteiger partial charge on any atom is 0.573 e. The third-order valence-electron chi connectivity index (χ3n) is 6.38. The predicted octanol–water partition coefficient (Wildman–Crippen LogP) is 2.95. The molecule has 0 saturated heterocycles. The van der Waals surface area contributed by atoms with Crippen molar-refractivity contribution >= 4 is 11.8 Å². The highest BCUT2D eigenvalue weighted by atomic mass is 19.4. The van der Waals surface area contributed by atoms with Gasteiger partial charge in [-0.1, -0.05) is 18.2 Å². The molecule has 1 atom stereocenters. The van der Waals surface area contributed by atoms with E-state index in [1.165, 1.54) is 16.8 Å². The Kier molecular flexibility index (Phi) is 7.26. The SMILES string of the molecule is Cn1nc(-c2ccc3c(c2)CC[C@@H]3NC(=O)c2cc(C(=O)NCc3ccc(F)c(OC(F)(F)F)c3)ncn2)[nH]c1=O. The first-order chi connectivity index (χ1) is 19.5. The first kappa shape index (κ1) is 27.5. The van der Waals surface area contributed by atoms with Crippen LogP contribution in [-0.4, -0.2) is 42.9 Å². The third-order valence-corrected chi connectivity index (χ3v) is 6.38. The number of rotatable bonds is 7. The highest BCUT2D eigenvalue weighted by Crippen LogP contribution is 2.33. The Labute approximate surface area is 228 Å². The number of alkyl halides is 3. The van der Waals surface area contributed by atoms with E-state index in [0.717, 1.165) is 35.2 Å². The van der Waals surface area contributed by atoms with Crippen LogP contribution in [0.5, 0.6) is 5.75 Å². The molecule has 2 heterocycles. The number of fused-ring (bicyclic) bond motifs is 1. The summed E-state index contributed by atoms with van der Waals surface area (Å²) in [5.41, 5.74) is 2.23. The Morgan fingerprint density at radius 2 is 1.85 bits per heavy atom. The van der Waals surface area contributed by atoms with Crippen molar-refractivity contribution in [1.82, 2.24) is 35.4 Å². The number of hydrogen-bond acceptors (Lipinski definition) is 7. The van der Waals surface area contributed by atoms with Crippen molar-refractivity contribution in [3.05, 3.63) is 93.2 Å². The summed E-state index contributed by atoms with van der Waals surface area (Å²) in [6, 6.07) is 9.24. The van der Waals surface area contributed by atoms with Gasteiger partial charge in [0.05, 0.1) is 6.04 Å². The highest BCUT2D eigenvalue weighted by Gasteiger charge is 2.32. The fourth-order valence-corrected chi connectivity index (χ4v) is 4.42. The Morgan fingerprint density at radius 3 is 2.56 bits per heavy atom. The van der Waals surface area contributed by atoms with Crippen molar-refractivity contribution in [2.24, 2.45) is 7.05 Å². The van der Waals surface area contributed by atoms with E-state index < -0.39 is 29.7 Å². The van der Waals surface area contributed by atoms with Gasteiger partial charge in [0, 0.05) is 25.2 Å². The van der Waals surface area contributed by atoms with Crippen LogP contribution in [0.3, 0.4) is 0 Å². The molecule has 0 fully saturated rings. The van der Waals surface area contributed by atoms with Crippen LogP contribution in [0, 0.1) is 5.82 Å². The van der Waals surface area contributed by atoms with Crippen LogP contribution in [0.1, 0.15) is 50.1 Å². The molecular formula is C26H21F4N7O4. The van der Waals surface area contributed by atoms with Gasteiger partial charge < -0.3 is 15.4 Å². The second-order valence-electron chi connectivity index (χ2n) is 9.16. The summed E-state index contributed by atoms with van der Waals surface area (Å²) in [6.07, 6.45) is -2.73. The number of nitrogens with zero attached hydrogens (tertiary/aromatic N) is 4. The number of carbonyl (C=O) groups is 2. The minimum atomic E-state index is -5.08. The summed E-state index contributed by atoms with van der Waals surface area (Å²) < 4.78 is 55.9. The fraction of sp³-hybridized carbons (Fsp3) is 0.231. The second-order valence-corrected chi connectivity index (χ2v) is 9.16. The number of benzene rings is 2. The first-order valence-corrected chi connectivity index (χ1v) is 12.2. The molecule has 0 radical (unpaired) electrons. The van der Waals surface area contributed by atoms with E-state index in [9.17, 15) is 31.9 Å². The van der Waals surface area contributed by atoms with Gasteiger partial charge >= 0.3 is 12.1 Å². The largest absolute Gasteiger partial charge is 0.573 e. The van der Waals surface area contributed by atoms with Crippen LogP contribution < -0.4 is 21.1 Å². The number of nitrogens with one attached hydrogen (secondary N) is 3. The number of halogens is 4. The molecule has 2 amide bonds. The Balaban J connectivity index is 1.23. The summed E-state index contributed by atoms with van der Waals surface area (Å²) in [6.45, 7) is -0.258. The van der Waals surface area contributed by atoms with E-state index in [1.807, 2.05) is 12.1 Å². The number of ether oxygens (including phenoxy) is 1. The lowest BCUT2D eigenvalue weighted by Crippen LogP contribution is -2.29. The number of amides is 2. The molecule has 15 heteroatoms. The number of hydrogen-bond donors (Lipinski definition) is 3. The lowest BCUT2D eigenvalue weighted by atomic mass is 10.0. The average molecular weight is 571 g/mol. The minimum Gasteiger partial charge on any atom is -0.403 e. The molecule has 11 nitrogen and oxygen atoms in total. The van der Waals surface area contributed by atoms with Crippen molar-refractivity contribution in [2.75, 3.05) is 0 Å². The van der Waals surface area contributed by atoms with E-state index in [0.29, 0.717) is 18.7 Å². The Morgan fingerprint density at radius 1 is 1.10 bits per heavy atom. The van der Waals surface area contributed by atoms with Crippen LogP contribution in [0.15, 0.2) is 53.6 Å². The second kappa shape index (κ2) is 10.8. The number of aryl methyl sites for hydroxylation is 2. The fourth-order valence-electron chi connectivity index (χ4n) is 4.42. The standard InChI is InChI=1S/C26H21F4N7O4/c1-37-25(40)35-22(36-37)15-3-5-16-14(9-15)4-7-18(16)34-24(39)20-10-19(32-12-33-20)23(38)31-11-13-2-6-17(27)21(8-13)41-26(28,29)30/h2-3,5-6,8-10,12,18H,4,7,11H2,1H3,(H,31,38)(H,34,39)(H,35,36,40)/t18-/m0/s1. The molecule has 4 aromatic rings. The summed E-state index contributed by atoms with van der Waals surface area (Å²) in [7, 11) is 1.54. The third kappa shape index (κ3) is 6.23. The molecule has 0 saturated carbocycles. The molecule has 212 valence electrons. The van der Waals surface area contributed by atoms with Crippen molar-refractivity contribution in [2.45, 2.75) is 31.8 Å². The molecule has 5 rings (SSSR count). The molecule has 0 unspecified atom stereocenters. The van der Waals surface area contributed by atoms with Crippen LogP contribution in [-0.2, 0) is 20.0 Å². The smallest absolute Gasteiger partial charge is 0.403 e. The summed E-state index contributed by atoms with van der Waals surface area (Å²) >= 11 is 0. The Hall–Kier alpha value is -5.08. The summed E-state index contributed by atoms with van der Waals surface area (Å²) in [5.74, 6) is -3.06. The molecule has 41 heavy (non-hydrogen) atoms. The molecule has 0 bridgehead atoms. The zero-order valence-electron chi connectivity index (χ0n) is 21.3. The van der Waals surface area contributed by atoms with Crippen LogP contribution in [0.25, 0.3) is 11.4 Å². The monoisotopic (exact) mass is 571 g/mol. The normalized spacial score (nSPS) is 14.4. The van der Waals surface area contributed by atoms with E-state index in [1.54, 1.807) is 13.1 Å². The lowest BCUT2D eigenvalue weighted by Gasteiger charge is -2.14. The number of carbonyl (C=O) groups excluding carboxylic acids is 2. The zero-order valence-corrected chi connectivity index (χ0v) is 21.3. The molecule has 2 aromatic heterocycles. The van der Waals surface area contributed by atoms with Gasteiger partial charge in [-0.3, -0.25) is 14.6 Å². The maximum atomic E-state index is 13.6. The van der Waals surface area contributed by atoms with Gasteiger partial charge in [-0.05, 0) is 47.7 Å². The van der Waals surface area contributed by atoms with Crippen LogP contribution in [0.2, 0.25) is 0 Å². The van der Waals surface area contributed by atoms with E-state index in [-0.39, 0.29) is 35.2 Å². The van der Waals surface area contributed by atoms with Crippen molar-refractivity contribution in [3.8, 4) is 17.1 Å². The molecular weight excluding hydrogens is 550 g/mol. The van der Waals surface area contributed by atoms with Gasteiger partial charge in [0.15, 0.2) is 17.4 Å². The molecule has 3 N–H and O–H groups in total. The molecule has 0 aliphatic heterocycles. The molecule has 1 aliphatic carbocycles. The molecule has 2 aromatic carbocycles. The van der Waals surface area contributed by atoms with Gasteiger partial charge in [0.2, 0.25) is 0 Å². The first-order valence-electron chi connectivity index (χ1n) is 12.2. The quantitative estimate of drug-likeness (QED) is 0.290. The zero-order chi connectivity index (χ0) is 29.3.